The van der Waals surface area contributed by atoms with E-state index < -0.39 is 4.92 Å². The van der Waals surface area contributed by atoms with Crippen LogP contribution >= 0.6 is 15.9 Å². The maximum Gasteiger partial charge on any atom is 0.273 e. The minimum atomic E-state index is -0.468. The first-order valence-electron chi connectivity index (χ1n) is 6.21. The van der Waals surface area contributed by atoms with Gasteiger partial charge in [0.2, 0.25) is 0 Å². The number of halogens is 1. The van der Waals surface area contributed by atoms with E-state index >= 15 is 0 Å². The number of non-ortho nitro benzene ring substituents is 1. The number of aromatic nitrogens is 2. The Balaban J connectivity index is 2.05. The largest absolute Gasteiger partial charge is 0.486 e. The van der Waals surface area contributed by atoms with Gasteiger partial charge in [0, 0.05) is 12.6 Å². The van der Waals surface area contributed by atoms with Crippen LogP contribution in [0.15, 0.2) is 35.1 Å². The summed E-state index contributed by atoms with van der Waals surface area (Å²) < 4.78 is 6.18. The van der Waals surface area contributed by atoms with Crippen molar-refractivity contribution in [2.75, 3.05) is 11.9 Å². The summed E-state index contributed by atoms with van der Waals surface area (Å²) in [5, 5.41) is 13.8. The molecule has 8 heteroatoms. The molecule has 0 aliphatic carbocycles. The molecule has 7 nitrogen and oxygen atoms in total. The van der Waals surface area contributed by atoms with E-state index in [4.69, 9.17) is 4.74 Å². The molecule has 0 unspecified atom stereocenters. The summed E-state index contributed by atoms with van der Waals surface area (Å²) in [7, 11) is 0. The number of nitro benzene ring substituents is 1. The molecule has 0 saturated carbocycles. The van der Waals surface area contributed by atoms with Crippen molar-refractivity contribution in [3.8, 4) is 5.75 Å². The first kappa shape index (κ1) is 15.2. The molecular weight excluding hydrogens is 340 g/mol. The number of hydrogen-bond acceptors (Lipinski definition) is 6. The molecule has 0 amide bonds. The van der Waals surface area contributed by atoms with E-state index in [9.17, 15) is 10.1 Å². The van der Waals surface area contributed by atoms with Crippen molar-refractivity contribution >= 4 is 27.4 Å². The van der Waals surface area contributed by atoms with Gasteiger partial charge in [-0.2, -0.15) is 0 Å². The molecule has 110 valence electrons. The highest BCUT2D eigenvalue weighted by Gasteiger charge is 2.11. The highest BCUT2D eigenvalue weighted by molar-refractivity contribution is 9.10. The third-order valence-corrected chi connectivity index (χ3v) is 3.22. The van der Waals surface area contributed by atoms with Gasteiger partial charge in [-0.25, -0.2) is 4.98 Å². The van der Waals surface area contributed by atoms with E-state index in [1.807, 2.05) is 6.92 Å². The van der Waals surface area contributed by atoms with Gasteiger partial charge >= 0.3 is 0 Å². The standard InChI is InChI=1S/C13H13BrN4O3/c1-2-15-13-7-16-9(6-17-13)8-21-12-5-10(18(19)20)3-4-11(12)14/h3-7H,2,8H2,1H3,(H,15,17). The molecular formula is C13H13BrN4O3. The van der Waals surface area contributed by atoms with E-state index in [0.29, 0.717) is 21.7 Å². The van der Waals surface area contributed by atoms with E-state index in [0.717, 1.165) is 6.54 Å². The van der Waals surface area contributed by atoms with Crippen LogP contribution in [0.3, 0.4) is 0 Å². The Morgan fingerprint density at radius 3 is 2.81 bits per heavy atom. The normalized spacial score (nSPS) is 10.2. The second-order valence-corrected chi connectivity index (χ2v) is 4.94. The molecule has 0 aliphatic rings. The Hall–Kier alpha value is -2.22. The van der Waals surface area contributed by atoms with Crippen molar-refractivity contribution < 1.29 is 9.66 Å². The van der Waals surface area contributed by atoms with Crippen LogP contribution in [0, 0.1) is 10.1 Å². The smallest absolute Gasteiger partial charge is 0.273 e. The zero-order valence-electron chi connectivity index (χ0n) is 11.2. The zero-order valence-corrected chi connectivity index (χ0v) is 12.8. The van der Waals surface area contributed by atoms with Crippen LogP contribution in [-0.4, -0.2) is 21.4 Å². The predicted molar refractivity (Wildman–Crippen MR) is 81.3 cm³/mol. The van der Waals surface area contributed by atoms with Gasteiger partial charge in [-0.05, 0) is 28.9 Å². The number of nitro groups is 1. The van der Waals surface area contributed by atoms with Crippen LogP contribution in [0.25, 0.3) is 0 Å². The number of benzene rings is 1. The van der Waals surface area contributed by atoms with Crippen LogP contribution < -0.4 is 10.1 Å². The van der Waals surface area contributed by atoms with E-state index in [1.165, 1.54) is 12.1 Å². The fourth-order valence-electron chi connectivity index (χ4n) is 1.57. The van der Waals surface area contributed by atoms with Crippen LogP contribution in [0.5, 0.6) is 5.75 Å². The summed E-state index contributed by atoms with van der Waals surface area (Å²) in [6, 6.07) is 4.35. The summed E-state index contributed by atoms with van der Waals surface area (Å²) in [6.45, 7) is 2.92. The lowest BCUT2D eigenvalue weighted by Crippen LogP contribution is -2.03. The maximum absolute atomic E-state index is 10.7. The number of rotatable bonds is 6. The molecule has 1 heterocycles. The highest BCUT2D eigenvalue weighted by atomic mass is 79.9. The Morgan fingerprint density at radius 2 is 2.19 bits per heavy atom. The lowest BCUT2D eigenvalue weighted by molar-refractivity contribution is -0.385. The lowest BCUT2D eigenvalue weighted by Gasteiger charge is -2.08. The second kappa shape index (κ2) is 6.98. The molecule has 1 aromatic carbocycles. The molecule has 0 saturated heterocycles. The summed E-state index contributed by atoms with van der Waals surface area (Å²) in [4.78, 5) is 18.7. The predicted octanol–water partition coefficient (Wildman–Crippen LogP) is 3.16. The van der Waals surface area contributed by atoms with Gasteiger partial charge in [-0.3, -0.25) is 15.1 Å². The topological polar surface area (TPSA) is 90.2 Å². The molecule has 0 aliphatic heterocycles. The third-order valence-electron chi connectivity index (χ3n) is 2.56. The Labute approximate surface area is 129 Å². The minimum Gasteiger partial charge on any atom is -0.486 e. The molecule has 0 atom stereocenters. The molecule has 0 spiro atoms. The summed E-state index contributed by atoms with van der Waals surface area (Å²) >= 11 is 3.29. The SMILES string of the molecule is CCNc1cnc(COc2cc([N+](=O)[O-])ccc2Br)cn1. The van der Waals surface area contributed by atoms with Crippen molar-refractivity contribution in [2.45, 2.75) is 13.5 Å². The summed E-state index contributed by atoms with van der Waals surface area (Å²) in [6.07, 6.45) is 3.22. The number of ether oxygens (including phenoxy) is 1. The Kier molecular flexibility index (Phi) is 5.04. The fourth-order valence-corrected chi connectivity index (χ4v) is 1.93. The molecule has 2 rings (SSSR count). The monoisotopic (exact) mass is 352 g/mol. The lowest BCUT2D eigenvalue weighted by atomic mass is 10.3. The summed E-state index contributed by atoms with van der Waals surface area (Å²) in [5.74, 6) is 1.08. The molecule has 2 aromatic rings. The zero-order chi connectivity index (χ0) is 15.2. The van der Waals surface area contributed by atoms with Crippen LogP contribution in [0.4, 0.5) is 11.5 Å². The maximum atomic E-state index is 10.7. The number of nitrogens with zero attached hydrogens (tertiary/aromatic N) is 3. The van der Waals surface area contributed by atoms with Crippen molar-refractivity contribution in [1.29, 1.82) is 0 Å². The van der Waals surface area contributed by atoms with E-state index in [-0.39, 0.29) is 12.3 Å². The van der Waals surface area contributed by atoms with E-state index in [2.05, 4.69) is 31.2 Å². The van der Waals surface area contributed by atoms with Gasteiger partial charge in [0.25, 0.3) is 5.69 Å². The molecule has 0 bridgehead atoms. The first-order valence-corrected chi connectivity index (χ1v) is 7.01. The second-order valence-electron chi connectivity index (χ2n) is 4.08. The first-order chi connectivity index (χ1) is 10.1. The molecule has 0 fully saturated rings. The number of nitrogens with one attached hydrogen (secondary N) is 1. The number of anilines is 1. The average Bonchev–Trinajstić information content (AvgIpc) is 2.48. The van der Waals surface area contributed by atoms with Gasteiger partial charge in [-0.1, -0.05) is 0 Å². The highest BCUT2D eigenvalue weighted by Crippen LogP contribution is 2.29. The van der Waals surface area contributed by atoms with Crippen molar-refractivity contribution in [1.82, 2.24) is 9.97 Å². The summed E-state index contributed by atoms with van der Waals surface area (Å²) in [5.41, 5.74) is 0.608. The molecule has 1 aromatic heterocycles. The Morgan fingerprint density at radius 1 is 1.38 bits per heavy atom. The average molecular weight is 353 g/mol. The molecule has 0 radical (unpaired) electrons. The minimum absolute atomic E-state index is 0.0261. The van der Waals surface area contributed by atoms with Crippen molar-refractivity contribution in [3.05, 3.63) is 50.9 Å². The molecule has 21 heavy (non-hydrogen) atoms. The van der Waals surface area contributed by atoms with E-state index in [1.54, 1.807) is 18.5 Å². The van der Waals surface area contributed by atoms with Crippen molar-refractivity contribution in [3.63, 3.8) is 0 Å². The van der Waals surface area contributed by atoms with Gasteiger partial charge in [-0.15, -0.1) is 0 Å². The van der Waals surface area contributed by atoms with Gasteiger partial charge < -0.3 is 10.1 Å². The van der Waals surface area contributed by atoms with Crippen LogP contribution in [-0.2, 0) is 6.61 Å². The third kappa shape index (κ3) is 4.12. The quantitative estimate of drug-likeness (QED) is 0.634. The van der Waals surface area contributed by atoms with Gasteiger partial charge in [0.05, 0.1) is 33.6 Å². The van der Waals surface area contributed by atoms with Gasteiger partial charge in [0.1, 0.15) is 18.2 Å². The van der Waals surface area contributed by atoms with Crippen LogP contribution in [0.2, 0.25) is 0 Å². The van der Waals surface area contributed by atoms with Crippen LogP contribution in [0.1, 0.15) is 12.6 Å². The van der Waals surface area contributed by atoms with Crippen molar-refractivity contribution in [2.24, 2.45) is 0 Å². The van der Waals surface area contributed by atoms with Gasteiger partial charge in [0.15, 0.2) is 0 Å². The Bertz CT molecular complexity index is 634. The number of hydrogen-bond donors (Lipinski definition) is 1. The fraction of sp³-hybridized carbons (Fsp3) is 0.231. The molecule has 1 N–H and O–H groups in total.